The minimum atomic E-state index is -0.619. The molecule has 0 aliphatic carbocycles. The molecule has 0 bridgehead atoms. The van der Waals surface area contributed by atoms with Crippen LogP contribution in [0.5, 0.6) is 0 Å². The highest BCUT2D eigenvalue weighted by molar-refractivity contribution is 5.98. The van der Waals surface area contributed by atoms with E-state index >= 15 is 0 Å². The van der Waals surface area contributed by atoms with Crippen LogP contribution in [0, 0.1) is 11.8 Å². The summed E-state index contributed by atoms with van der Waals surface area (Å²) >= 11 is 0. The van der Waals surface area contributed by atoms with Gasteiger partial charge in [-0.3, -0.25) is 29.1 Å². The Labute approximate surface area is 242 Å². The van der Waals surface area contributed by atoms with Crippen molar-refractivity contribution in [2.24, 2.45) is 11.8 Å². The van der Waals surface area contributed by atoms with Gasteiger partial charge in [-0.2, -0.15) is 0 Å². The molecule has 9 heteroatoms. The largest absolute Gasteiger partial charge is 0.340 e. The van der Waals surface area contributed by atoms with Crippen molar-refractivity contribution in [1.82, 2.24) is 24.6 Å². The number of hydrogen-bond donors (Lipinski definition) is 0. The number of hydrogen-bond acceptors (Lipinski definition) is 6. The maximum atomic E-state index is 13.9. The lowest BCUT2D eigenvalue weighted by Crippen LogP contribution is -2.50. The van der Waals surface area contributed by atoms with Crippen LogP contribution in [0.4, 0.5) is 0 Å². The predicted molar refractivity (Wildman–Crippen MR) is 154 cm³/mol. The third kappa shape index (κ3) is 6.84. The molecular weight excluding hydrogens is 518 g/mol. The Balaban J connectivity index is 1.19. The van der Waals surface area contributed by atoms with E-state index < -0.39 is 12.0 Å². The molecule has 3 unspecified atom stereocenters. The van der Waals surface area contributed by atoms with Crippen molar-refractivity contribution in [2.45, 2.75) is 58.2 Å². The van der Waals surface area contributed by atoms with Crippen molar-refractivity contribution in [3.05, 3.63) is 66.0 Å². The second kappa shape index (κ2) is 12.9. The van der Waals surface area contributed by atoms with Gasteiger partial charge in [0.1, 0.15) is 6.04 Å². The molecule has 1 aromatic carbocycles. The molecule has 9 nitrogen and oxygen atoms in total. The quantitative estimate of drug-likeness (QED) is 0.469. The first kappa shape index (κ1) is 28.9. The number of aromatic nitrogens is 1. The molecule has 0 saturated carbocycles. The van der Waals surface area contributed by atoms with E-state index in [0.717, 1.165) is 25.2 Å². The topological polar surface area (TPSA) is 94.1 Å². The number of amides is 3. The molecule has 4 heterocycles. The van der Waals surface area contributed by atoms with Gasteiger partial charge in [0.2, 0.25) is 17.7 Å². The number of carbonyl (C=O) groups is 4. The summed E-state index contributed by atoms with van der Waals surface area (Å²) < 4.78 is 0. The summed E-state index contributed by atoms with van der Waals surface area (Å²) in [5.41, 5.74) is 2.06. The molecule has 0 radical (unpaired) electrons. The Morgan fingerprint density at radius 2 is 1.63 bits per heavy atom. The average Bonchev–Trinajstić information content (AvgIpc) is 3.55. The highest BCUT2D eigenvalue weighted by atomic mass is 16.2. The van der Waals surface area contributed by atoms with Gasteiger partial charge in [-0.25, -0.2) is 0 Å². The van der Waals surface area contributed by atoms with E-state index in [9.17, 15) is 19.2 Å². The molecule has 0 spiro atoms. The van der Waals surface area contributed by atoms with E-state index in [4.69, 9.17) is 0 Å². The van der Waals surface area contributed by atoms with Crippen LogP contribution in [0.3, 0.4) is 0 Å². The first-order valence-corrected chi connectivity index (χ1v) is 14.9. The summed E-state index contributed by atoms with van der Waals surface area (Å²) in [6.45, 7) is 8.33. The summed E-state index contributed by atoms with van der Waals surface area (Å²) in [4.78, 5) is 65.1. The number of piperazine rings is 1. The standard InChI is InChI=1S/C32H41N5O4/c1-23(2)17-26(19-29(39)35-15-13-34(14-16-35)21-24-7-4-3-5-8-24)32(41)36-12-10-27-31(36)28(38)22-37(27)30(40)18-25-9-6-11-33-20-25/h3-9,11,20,23,26-27,31H,10,12-19,21-22H2,1-2H3. The maximum Gasteiger partial charge on any atom is 0.227 e. The molecule has 3 atom stereocenters. The molecule has 218 valence electrons. The molecule has 1 aromatic heterocycles. The summed E-state index contributed by atoms with van der Waals surface area (Å²) in [5.74, 6) is -0.577. The van der Waals surface area contributed by atoms with Crippen LogP contribution in [0.1, 0.15) is 44.2 Å². The SMILES string of the molecule is CC(C)CC(CC(=O)N1CCN(Cc2ccccc2)CC1)C(=O)N1CCC2C1C(=O)CN2C(=O)Cc1cccnc1. The molecule has 3 aliphatic heterocycles. The van der Waals surface area contributed by atoms with Crippen LogP contribution in [0.25, 0.3) is 0 Å². The number of carbonyl (C=O) groups excluding carboxylic acids is 4. The van der Waals surface area contributed by atoms with Crippen LogP contribution in [-0.4, -0.2) is 99.4 Å². The van der Waals surface area contributed by atoms with Gasteiger partial charge in [-0.15, -0.1) is 0 Å². The molecular formula is C32H41N5O4. The number of fused-ring (bicyclic) bond motifs is 1. The Kier molecular flexibility index (Phi) is 9.12. The van der Waals surface area contributed by atoms with Crippen molar-refractivity contribution in [2.75, 3.05) is 39.3 Å². The normalized spacial score (nSPS) is 21.8. The number of ketones is 1. The van der Waals surface area contributed by atoms with Gasteiger partial charge in [0.05, 0.1) is 19.0 Å². The van der Waals surface area contributed by atoms with Crippen molar-refractivity contribution >= 4 is 23.5 Å². The van der Waals surface area contributed by atoms with Crippen molar-refractivity contribution in [3.63, 3.8) is 0 Å². The van der Waals surface area contributed by atoms with Gasteiger partial charge in [0.25, 0.3) is 0 Å². The van der Waals surface area contributed by atoms with Gasteiger partial charge < -0.3 is 14.7 Å². The molecule has 3 fully saturated rings. The van der Waals surface area contributed by atoms with E-state index in [1.165, 1.54) is 5.56 Å². The first-order valence-electron chi connectivity index (χ1n) is 14.9. The summed E-state index contributed by atoms with van der Waals surface area (Å²) in [7, 11) is 0. The van der Waals surface area contributed by atoms with E-state index in [-0.39, 0.29) is 54.9 Å². The van der Waals surface area contributed by atoms with Crippen molar-refractivity contribution in [1.29, 1.82) is 0 Å². The highest BCUT2D eigenvalue weighted by Crippen LogP contribution is 2.33. The lowest BCUT2D eigenvalue weighted by molar-refractivity contribution is -0.144. The predicted octanol–water partition coefficient (Wildman–Crippen LogP) is 2.40. The van der Waals surface area contributed by atoms with Crippen LogP contribution in [-0.2, 0) is 32.1 Å². The van der Waals surface area contributed by atoms with Gasteiger partial charge in [-0.1, -0.05) is 50.2 Å². The second-order valence-electron chi connectivity index (χ2n) is 12.0. The zero-order valence-corrected chi connectivity index (χ0v) is 24.2. The molecule has 5 rings (SSSR count). The van der Waals surface area contributed by atoms with E-state index in [1.54, 1.807) is 28.3 Å². The van der Waals surface area contributed by atoms with Gasteiger partial charge in [0.15, 0.2) is 5.78 Å². The number of benzene rings is 1. The Hall–Kier alpha value is -3.59. The molecule has 3 saturated heterocycles. The van der Waals surface area contributed by atoms with E-state index in [1.807, 2.05) is 29.2 Å². The lowest BCUT2D eigenvalue weighted by Gasteiger charge is -2.36. The summed E-state index contributed by atoms with van der Waals surface area (Å²) in [6, 6.07) is 13.1. The minimum Gasteiger partial charge on any atom is -0.340 e. The zero-order chi connectivity index (χ0) is 28.9. The number of likely N-dealkylation sites (tertiary alicyclic amines) is 2. The van der Waals surface area contributed by atoms with Crippen LogP contribution in [0.2, 0.25) is 0 Å². The van der Waals surface area contributed by atoms with Crippen molar-refractivity contribution in [3.8, 4) is 0 Å². The lowest BCUT2D eigenvalue weighted by atomic mass is 9.91. The van der Waals surface area contributed by atoms with E-state index in [0.29, 0.717) is 32.5 Å². The smallest absolute Gasteiger partial charge is 0.227 e. The van der Waals surface area contributed by atoms with Gasteiger partial charge in [-0.05, 0) is 36.0 Å². The molecule has 2 aromatic rings. The first-order chi connectivity index (χ1) is 19.8. The van der Waals surface area contributed by atoms with Crippen LogP contribution < -0.4 is 0 Å². The fraction of sp³-hybridized carbons (Fsp3) is 0.531. The zero-order valence-electron chi connectivity index (χ0n) is 24.2. The third-order valence-corrected chi connectivity index (χ3v) is 8.60. The summed E-state index contributed by atoms with van der Waals surface area (Å²) in [6.07, 6.45) is 4.82. The molecule has 41 heavy (non-hydrogen) atoms. The number of Topliss-reactive ketones (excluding diaryl/α,β-unsaturated/α-hetero) is 1. The fourth-order valence-electron chi connectivity index (χ4n) is 6.58. The van der Waals surface area contributed by atoms with Crippen LogP contribution >= 0.6 is 0 Å². The Morgan fingerprint density at radius 3 is 2.32 bits per heavy atom. The minimum absolute atomic E-state index is 0.00475. The van der Waals surface area contributed by atoms with E-state index in [2.05, 4.69) is 35.9 Å². The second-order valence-corrected chi connectivity index (χ2v) is 12.0. The Bertz CT molecular complexity index is 1230. The number of pyridine rings is 1. The Morgan fingerprint density at radius 1 is 0.902 bits per heavy atom. The summed E-state index contributed by atoms with van der Waals surface area (Å²) in [5, 5.41) is 0. The van der Waals surface area contributed by atoms with Gasteiger partial charge >= 0.3 is 0 Å². The van der Waals surface area contributed by atoms with Gasteiger partial charge in [0, 0.05) is 64.0 Å². The average molecular weight is 560 g/mol. The molecule has 3 aliphatic rings. The third-order valence-electron chi connectivity index (χ3n) is 8.60. The highest BCUT2D eigenvalue weighted by Gasteiger charge is 2.52. The molecule has 0 N–H and O–H groups in total. The molecule has 3 amide bonds. The number of rotatable bonds is 9. The number of nitrogens with zero attached hydrogens (tertiary/aromatic N) is 5. The van der Waals surface area contributed by atoms with Crippen LogP contribution in [0.15, 0.2) is 54.9 Å². The fourth-order valence-corrected chi connectivity index (χ4v) is 6.58. The van der Waals surface area contributed by atoms with Crippen molar-refractivity contribution < 1.29 is 19.2 Å². The maximum absolute atomic E-state index is 13.9. The monoisotopic (exact) mass is 559 g/mol.